The number of aliphatic hydroxyl groups excluding tert-OH is 1. The summed E-state index contributed by atoms with van der Waals surface area (Å²) in [6.07, 6.45) is 2.14. The van der Waals surface area contributed by atoms with Gasteiger partial charge in [-0.25, -0.2) is 0 Å². The molecule has 1 aliphatic rings. The lowest BCUT2D eigenvalue weighted by molar-refractivity contribution is 0.1000. The number of ether oxygens (including phenoxy) is 1. The fraction of sp³-hybridized carbons (Fsp3) is 0.500. The highest BCUT2D eigenvalue weighted by Gasteiger charge is 2.16. The highest BCUT2D eigenvalue weighted by atomic mass is 35.5. The van der Waals surface area contributed by atoms with Crippen molar-refractivity contribution in [3.8, 4) is 0 Å². The van der Waals surface area contributed by atoms with Crippen LogP contribution in [0.15, 0.2) is 23.1 Å². The van der Waals surface area contributed by atoms with Crippen molar-refractivity contribution in [3.05, 3.63) is 28.8 Å². The zero-order valence-electron chi connectivity index (χ0n) is 8.99. The van der Waals surface area contributed by atoms with Crippen molar-refractivity contribution >= 4 is 23.4 Å². The highest BCUT2D eigenvalue weighted by Crippen LogP contribution is 2.33. The molecule has 88 valence electrons. The van der Waals surface area contributed by atoms with E-state index in [1.807, 2.05) is 18.2 Å². The third-order valence-corrected chi connectivity index (χ3v) is 4.34. The molecule has 1 aromatic rings. The fourth-order valence-electron chi connectivity index (χ4n) is 1.74. The molecule has 1 fully saturated rings. The molecule has 0 saturated carbocycles. The summed E-state index contributed by atoms with van der Waals surface area (Å²) >= 11 is 7.78. The summed E-state index contributed by atoms with van der Waals surface area (Å²) in [5, 5.41) is 10.6. The number of hydrogen-bond acceptors (Lipinski definition) is 3. The van der Waals surface area contributed by atoms with Crippen molar-refractivity contribution in [1.82, 2.24) is 0 Å². The van der Waals surface area contributed by atoms with Crippen LogP contribution >= 0.6 is 23.4 Å². The van der Waals surface area contributed by atoms with E-state index >= 15 is 0 Å². The van der Waals surface area contributed by atoms with Gasteiger partial charge in [0.2, 0.25) is 0 Å². The molecule has 1 aromatic carbocycles. The average Bonchev–Trinajstić information content (AvgIpc) is 2.31. The van der Waals surface area contributed by atoms with Crippen LogP contribution in [0.5, 0.6) is 0 Å². The van der Waals surface area contributed by atoms with Gasteiger partial charge in [-0.05, 0) is 30.5 Å². The van der Waals surface area contributed by atoms with Gasteiger partial charge < -0.3 is 9.84 Å². The van der Waals surface area contributed by atoms with E-state index in [-0.39, 0.29) is 6.61 Å². The number of benzene rings is 1. The zero-order chi connectivity index (χ0) is 11.4. The second-order valence-corrected chi connectivity index (χ2v) is 5.62. The number of aliphatic hydroxyl groups is 1. The molecule has 1 heterocycles. The van der Waals surface area contributed by atoms with Crippen LogP contribution in [0, 0.1) is 0 Å². The first-order chi connectivity index (χ1) is 7.79. The molecule has 16 heavy (non-hydrogen) atoms. The summed E-state index contributed by atoms with van der Waals surface area (Å²) < 4.78 is 5.33. The lowest BCUT2D eigenvalue weighted by atomic mass is 10.2. The second kappa shape index (κ2) is 5.92. The summed E-state index contributed by atoms with van der Waals surface area (Å²) in [7, 11) is 0. The predicted octanol–water partition coefficient (Wildman–Crippen LogP) is 3.10. The fourth-order valence-corrected chi connectivity index (χ4v) is 3.25. The number of hydrogen-bond donors (Lipinski definition) is 1. The lowest BCUT2D eigenvalue weighted by Crippen LogP contribution is -2.17. The highest BCUT2D eigenvalue weighted by molar-refractivity contribution is 8.00. The minimum atomic E-state index is 0.0721. The molecule has 0 atom stereocenters. The Morgan fingerprint density at radius 3 is 2.81 bits per heavy atom. The number of thioether (sulfide) groups is 1. The van der Waals surface area contributed by atoms with Crippen LogP contribution in [0.2, 0.25) is 5.02 Å². The van der Waals surface area contributed by atoms with E-state index in [4.69, 9.17) is 16.3 Å². The van der Waals surface area contributed by atoms with Crippen molar-refractivity contribution in [3.63, 3.8) is 0 Å². The third-order valence-electron chi connectivity index (χ3n) is 2.66. The van der Waals surface area contributed by atoms with Crippen molar-refractivity contribution in [2.45, 2.75) is 29.6 Å². The molecular weight excluding hydrogens is 244 g/mol. The molecule has 0 bridgehead atoms. The van der Waals surface area contributed by atoms with Gasteiger partial charge in [0.15, 0.2) is 0 Å². The molecule has 0 radical (unpaired) electrons. The second-order valence-electron chi connectivity index (χ2n) is 3.84. The molecule has 1 saturated heterocycles. The van der Waals surface area contributed by atoms with Gasteiger partial charge in [-0.1, -0.05) is 17.7 Å². The van der Waals surface area contributed by atoms with Crippen LogP contribution < -0.4 is 0 Å². The summed E-state index contributed by atoms with van der Waals surface area (Å²) in [6, 6.07) is 5.65. The SMILES string of the molecule is OCc1ccc(Cl)cc1SC1CCOCC1. The van der Waals surface area contributed by atoms with Crippen molar-refractivity contribution in [2.75, 3.05) is 13.2 Å². The predicted molar refractivity (Wildman–Crippen MR) is 67.1 cm³/mol. The first-order valence-corrected chi connectivity index (χ1v) is 6.69. The Morgan fingerprint density at radius 2 is 2.12 bits per heavy atom. The Labute approximate surface area is 105 Å². The molecule has 0 amide bonds. The Morgan fingerprint density at radius 1 is 1.38 bits per heavy atom. The van der Waals surface area contributed by atoms with Gasteiger partial charge in [0.25, 0.3) is 0 Å². The van der Waals surface area contributed by atoms with Crippen LogP contribution in [0.3, 0.4) is 0 Å². The van der Waals surface area contributed by atoms with Crippen molar-refractivity contribution in [2.24, 2.45) is 0 Å². The van der Waals surface area contributed by atoms with Crippen LogP contribution in [-0.4, -0.2) is 23.6 Å². The van der Waals surface area contributed by atoms with Crippen LogP contribution in [0.4, 0.5) is 0 Å². The van der Waals surface area contributed by atoms with Crippen LogP contribution in [0.25, 0.3) is 0 Å². The lowest BCUT2D eigenvalue weighted by Gasteiger charge is -2.22. The molecule has 0 aliphatic carbocycles. The minimum absolute atomic E-state index is 0.0721. The van der Waals surface area contributed by atoms with Gasteiger partial charge in [0.05, 0.1) is 6.61 Å². The van der Waals surface area contributed by atoms with E-state index in [1.165, 1.54) is 0 Å². The first kappa shape index (κ1) is 12.2. The molecule has 1 N–H and O–H groups in total. The maximum absolute atomic E-state index is 9.26. The standard InChI is InChI=1S/C12H15ClO2S/c13-10-2-1-9(8-14)12(7-10)16-11-3-5-15-6-4-11/h1-2,7,11,14H,3-6,8H2. The molecule has 2 rings (SSSR count). The number of halogens is 1. The van der Waals surface area contributed by atoms with Gasteiger partial charge in [-0.2, -0.15) is 0 Å². The Bertz CT molecular complexity index is 351. The average molecular weight is 259 g/mol. The zero-order valence-corrected chi connectivity index (χ0v) is 10.6. The van der Waals surface area contributed by atoms with Crippen molar-refractivity contribution in [1.29, 1.82) is 0 Å². The molecule has 0 aromatic heterocycles. The summed E-state index contributed by atoms with van der Waals surface area (Å²) in [5.74, 6) is 0. The first-order valence-electron chi connectivity index (χ1n) is 5.43. The summed E-state index contributed by atoms with van der Waals surface area (Å²) in [4.78, 5) is 1.10. The molecular formula is C12H15ClO2S. The summed E-state index contributed by atoms with van der Waals surface area (Å²) in [6.45, 7) is 1.75. The van der Waals surface area contributed by atoms with Gasteiger partial charge in [0.1, 0.15) is 0 Å². The molecule has 0 unspecified atom stereocenters. The van der Waals surface area contributed by atoms with Crippen molar-refractivity contribution < 1.29 is 9.84 Å². The molecule has 4 heteroatoms. The normalized spacial score (nSPS) is 17.6. The molecule has 1 aliphatic heterocycles. The van der Waals surface area contributed by atoms with Gasteiger partial charge in [-0.3, -0.25) is 0 Å². The van der Waals surface area contributed by atoms with Crippen LogP contribution in [-0.2, 0) is 11.3 Å². The molecule has 0 spiro atoms. The van der Waals surface area contributed by atoms with Gasteiger partial charge >= 0.3 is 0 Å². The Kier molecular flexibility index (Phi) is 4.53. The maximum Gasteiger partial charge on any atom is 0.0692 e. The monoisotopic (exact) mass is 258 g/mol. The van der Waals surface area contributed by atoms with E-state index < -0.39 is 0 Å². The molecule has 2 nitrogen and oxygen atoms in total. The van der Waals surface area contributed by atoms with E-state index in [2.05, 4.69) is 0 Å². The smallest absolute Gasteiger partial charge is 0.0692 e. The van der Waals surface area contributed by atoms with Gasteiger partial charge in [-0.15, -0.1) is 11.8 Å². The Balaban J connectivity index is 2.09. The van der Waals surface area contributed by atoms with Crippen LogP contribution in [0.1, 0.15) is 18.4 Å². The van der Waals surface area contributed by atoms with E-state index in [1.54, 1.807) is 11.8 Å². The van der Waals surface area contributed by atoms with E-state index in [0.29, 0.717) is 5.25 Å². The third kappa shape index (κ3) is 3.14. The van der Waals surface area contributed by atoms with E-state index in [9.17, 15) is 5.11 Å². The van der Waals surface area contributed by atoms with E-state index in [0.717, 1.165) is 41.5 Å². The largest absolute Gasteiger partial charge is 0.392 e. The minimum Gasteiger partial charge on any atom is -0.392 e. The van der Waals surface area contributed by atoms with Gasteiger partial charge in [0, 0.05) is 28.4 Å². The quantitative estimate of drug-likeness (QED) is 0.904. The number of rotatable bonds is 3. The topological polar surface area (TPSA) is 29.5 Å². The summed E-state index contributed by atoms with van der Waals surface area (Å²) in [5.41, 5.74) is 0.959. The Hall–Kier alpha value is -0.220. The maximum atomic E-state index is 9.26.